The average molecular weight is 276 g/mol. The summed E-state index contributed by atoms with van der Waals surface area (Å²) in [5.74, 6) is 0.411. The van der Waals surface area contributed by atoms with Crippen molar-refractivity contribution in [2.45, 2.75) is 25.4 Å². The SMILES string of the molecule is OC(c1ccc(Br)cc1Cl)C1CCC1. The van der Waals surface area contributed by atoms with Crippen LogP contribution in [0.5, 0.6) is 0 Å². The Labute approximate surface area is 97.2 Å². The summed E-state index contributed by atoms with van der Waals surface area (Å²) in [6, 6.07) is 5.65. The van der Waals surface area contributed by atoms with Crippen LogP contribution in [0, 0.1) is 5.92 Å². The summed E-state index contributed by atoms with van der Waals surface area (Å²) in [5, 5.41) is 10.7. The third-order valence-electron chi connectivity index (χ3n) is 2.88. The van der Waals surface area contributed by atoms with Crippen molar-refractivity contribution in [2.24, 2.45) is 5.92 Å². The monoisotopic (exact) mass is 274 g/mol. The summed E-state index contributed by atoms with van der Waals surface area (Å²) >= 11 is 9.41. The molecule has 0 radical (unpaired) electrons. The fraction of sp³-hybridized carbons (Fsp3) is 0.455. The van der Waals surface area contributed by atoms with Crippen LogP contribution in [-0.2, 0) is 0 Å². The fourth-order valence-electron chi connectivity index (χ4n) is 1.75. The number of aliphatic hydroxyl groups excluding tert-OH is 1. The molecule has 0 spiro atoms. The maximum Gasteiger partial charge on any atom is 0.0832 e. The van der Waals surface area contributed by atoms with E-state index < -0.39 is 0 Å². The molecule has 3 heteroatoms. The molecule has 1 nitrogen and oxygen atoms in total. The Morgan fingerprint density at radius 1 is 1.43 bits per heavy atom. The van der Waals surface area contributed by atoms with E-state index in [1.807, 2.05) is 18.2 Å². The lowest BCUT2D eigenvalue weighted by atomic mass is 9.79. The second-order valence-electron chi connectivity index (χ2n) is 3.80. The van der Waals surface area contributed by atoms with Gasteiger partial charge in [0.1, 0.15) is 0 Å². The van der Waals surface area contributed by atoms with Crippen molar-refractivity contribution in [2.75, 3.05) is 0 Å². The van der Waals surface area contributed by atoms with Gasteiger partial charge in [0.15, 0.2) is 0 Å². The summed E-state index contributed by atoms with van der Waals surface area (Å²) in [7, 11) is 0. The van der Waals surface area contributed by atoms with E-state index in [1.54, 1.807) is 0 Å². The molecule has 1 fully saturated rings. The Bertz CT molecular complexity index is 336. The minimum Gasteiger partial charge on any atom is -0.388 e. The van der Waals surface area contributed by atoms with Gasteiger partial charge >= 0.3 is 0 Å². The first kappa shape index (κ1) is 10.5. The largest absolute Gasteiger partial charge is 0.388 e. The minimum atomic E-state index is -0.385. The molecule has 0 amide bonds. The fourth-order valence-corrected chi connectivity index (χ4v) is 2.54. The Morgan fingerprint density at radius 2 is 2.14 bits per heavy atom. The van der Waals surface area contributed by atoms with Gasteiger partial charge in [0.05, 0.1) is 6.10 Å². The molecule has 1 atom stereocenters. The molecule has 1 aliphatic rings. The molecule has 0 aromatic heterocycles. The molecule has 14 heavy (non-hydrogen) atoms. The van der Waals surface area contributed by atoms with Gasteiger partial charge in [-0.05, 0) is 36.5 Å². The van der Waals surface area contributed by atoms with Crippen LogP contribution in [0.1, 0.15) is 30.9 Å². The van der Waals surface area contributed by atoms with Gasteiger partial charge in [-0.2, -0.15) is 0 Å². The highest BCUT2D eigenvalue weighted by molar-refractivity contribution is 9.10. The summed E-state index contributed by atoms with van der Waals surface area (Å²) in [6.45, 7) is 0. The van der Waals surface area contributed by atoms with Crippen molar-refractivity contribution < 1.29 is 5.11 Å². The van der Waals surface area contributed by atoms with E-state index in [4.69, 9.17) is 11.6 Å². The predicted molar refractivity (Wildman–Crippen MR) is 61.5 cm³/mol. The third-order valence-corrected chi connectivity index (χ3v) is 3.70. The van der Waals surface area contributed by atoms with Crippen molar-refractivity contribution in [3.05, 3.63) is 33.3 Å². The molecule has 1 N–H and O–H groups in total. The Morgan fingerprint density at radius 3 is 2.64 bits per heavy atom. The molecule has 2 rings (SSSR count). The Kier molecular flexibility index (Phi) is 3.15. The van der Waals surface area contributed by atoms with Gasteiger partial charge < -0.3 is 5.11 Å². The quantitative estimate of drug-likeness (QED) is 0.867. The number of rotatable bonds is 2. The van der Waals surface area contributed by atoms with E-state index in [1.165, 1.54) is 6.42 Å². The maximum absolute atomic E-state index is 10.0. The molecule has 0 aliphatic heterocycles. The zero-order chi connectivity index (χ0) is 10.1. The highest BCUT2D eigenvalue weighted by atomic mass is 79.9. The first-order valence-electron chi connectivity index (χ1n) is 4.81. The molecular weight excluding hydrogens is 263 g/mol. The smallest absolute Gasteiger partial charge is 0.0832 e. The predicted octanol–water partition coefficient (Wildman–Crippen LogP) is 3.94. The van der Waals surface area contributed by atoms with Crippen molar-refractivity contribution in [1.82, 2.24) is 0 Å². The molecule has 1 aliphatic carbocycles. The normalized spacial score (nSPS) is 19.1. The lowest BCUT2D eigenvalue weighted by Gasteiger charge is -2.30. The molecule has 1 saturated carbocycles. The molecule has 1 aromatic carbocycles. The van der Waals surface area contributed by atoms with Gasteiger partial charge in [-0.1, -0.05) is 40.0 Å². The van der Waals surface area contributed by atoms with Gasteiger partial charge in [-0.3, -0.25) is 0 Å². The minimum absolute atomic E-state index is 0.385. The summed E-state index contributed by atoms with van der Waals surface area (Å²) < 4.78 is 0.951. The van der Waals surface area contributed by atoms with Crippen LogP contribution in [0.15, 0.2) is 22.7 Å². The number of hydrogen-bond donors (Lipinski definition) is 1. The van der Waals surface area contributed by atoms with Gasteiger partial charge in [-0.15, -0.1) is 0 Å². The van der Waals surface area contributed by atoms with E-state index >= 15 is 0 Å². The lowest BCUT2D eigenvalue weighted by molar-refractivity contribution is 0.0622. The van der Waals surface area contributed by atoms with Crippen LogP contribution >= 0.6 is 27.5 Å². The topological polar surface area (TPSA) is 20.2 Å². The molecular formula is C11H12BrClO. The zero-order valence-corrected chi connectivity index (χ0v) is 10.1. The van der Waals surface area contributed by atoms with Crippen molar-refractivity contribution in [3.63, 3.8) is 0 Å². The molecule has 76 valence electrons. The average Bonchev–Trinajstić information content (AvgIpc) is 2.00. The van der Waals surface area contributed by atoms with Gasteiger partial charge in [0.2, 0.25) is 0 Å². The second-order valence-corrected chi connectivity index (χ2v) is 5.12. The van der Waals surface area contributed by atoms with E-state index in [9.17, 15) is 5.11 Å². The third kappa shape index (κ3) is 1.97. The lowest BCUT2D eigenvalue weighted by Crippen LogP contribution is -2.20. The van der Waals surface area contributed by atoms with Crippen LogP contribution in [0.4, 0.5) is 0 Å². The summed E-state index contributed by atoms with van der Waals surface area (Å²) in [6.07, 6.45) is 3.08. The number of halogens is 2. The van der Waals surface area contributed by atoms with Crippen LogP contribution in [-0.4, -0.2) is 5.11 Å². The first-order valence-corrected chi connectivity index (χ1v) is 5.98. The number of benzene rings is 1. The maximum atomic E-state index is 10.0. The molecule has 0 saturated heterocycles. The van der Waals surface area contributed by atoms with Crippen molar-refractivity contribution in [3.8, 4) is 0 Å². The zero-order valence-electron chi connectivity index (χ0n) is 7.71. The van der Waals surface area contributed by atoms with Crippen LogP contribution in [0.3, 0.4) is 0 Å². The van der Waals surface area contributed by atoms with Crippen molar-refractivity contribution in [1.29, 1.82) is 0 Å². The van der Waals surface area contributed by atoms with Crippen LogP contribution < -0.4 is 0 Å². The van der Waals surface area contributed by atoms with Crippen LogP contribution in [0.2, 0.25) is 5.02 Å². The first-order chi connectivity index (χ1) is 6.68. The molecule has 0 heterocycles. The molecule has 1 aromatic rings. The Hall–Kier alpha value is -0.0500. The standard InChI is InChI=1S/C11H12BrClO/c12-8-4-5-9(10(13)6-8)11(14)7-2-1-3-7/h4-7,11,14H,1-3H2. The number of aliphatic hydroxyl groups is 1. The van der Waals surface area contributed by atoms with E-state index in [0.29, 0.717) is 10.9 Å². The highest BCUT2D eigenvalue weighted by Gasteiger charge is 2.27. The molecule has 0 bridgehead atoms. The van der Waals surface area contributed by atoms with E-state index in [0.717, 1.165) is 22.9 Å². The van der Waals surface area contributed by atoms with Gasteiger partial charge in [0.25, 0.3) is 0 Å². The van der Waals surface area contributed by atoms with E-state index in [2.05, 4.69) is 15.9 Å². The van der Waals surface area contributed by atoms with Gasteiger partial charge in [0, 0.05) is 9.50 Å². The van der Waals surface area contributed by atoms with Crippen LogP contribution in [0.25, 0.3) is 0 Å². The summed E-state index contributed by atoms with van der Waals surface area (Å²) in [4.78, 5) is 0. The second kappa shape index (κ2) is 4.21. The van der Waals surface area contributed by atoms with Gasteiger partial charge in [-0.25, -0.2) is 0 Å². The van der Waals surface area contributed by atoms with E-state index in [-0.39, 0.29) is 6.10 Å². The van der Waals surface area contributed by atoms with Crippen molar-refractivity contribution >= 4 is 27.5 Å². The summed E-state index contributed by atoms with van der Waals surface area (Å²) in [5.41, 5.74) is 0.861. The Balaban J connectivity index is 2.22. The number of hydrogen-bond acceptors (Lipinski definition) is 1. The molecule has 1 unspecified atom stereocenters. The highest BCUT2D eigenvalue weighted by Crippen LogP contribution is 2.40.